The number of nitrogens with one attached hydrogen (secondary N) is 1. The lowest BCUT2D eigenvalue weighted by Crippen LogP contribution is -2.39. The smallest absolute Gasteiger partial charge is 0.00993 e. The first kappa shape index (κ1) is 11.4. The van der Waals surface area contributed by atoms with E-state index in [1.165, 1.54) is 51.5 Å². The van der Waals surface area contributed by atoms with Crippen LogP contribution in [0, 0.1) is 11.3 Å². The Labute approximate surface area is 94.0 Å². The SMILES string of the molecule is CCCC1CC1NCC1(CN)CCCC1. The molecule has 2 atom stereocenters. The van der Waals surface area contributed by atoms with Crippen molar-refractivity contribution < 1.29 is 0 Å². The van der Waals surface area contributed by atoms with E-state index in [-0.39, 0.29) is 0 Å². The maximum absolute atomic E-state index is 5.93. The molecule has 2 nitrogen and oxygen atoms in total. The van der Waals surface area contributed by atoms with Crippen molar-refractivity contribution in [2.75, 3.05) is 13.1 Å². The third kappa shape index (κ3) is 2.73. The molecule has 0 aromatic heterocycles. The van der Waals surface area contributed by atoms with Gasteiger partial charge in [-0.25, -0.2) is 0 Å². The van der Waals surface area contributed by atoms with E-state index >= 15 is 0 Å². The second-order valence-corrected chi connectivity index (χ2v) is 5.68. The van der Waals surface area contributed by atoms with Gasteiger partial charge in [-0.15, -0.1) is 0 Å². The Kier molecular flexibility index (Phi) is 3.68. The van der Waals surface area contributed by atoms with Crippen molar-refractivity contribution in [3.8, 4) is 0 Å². The molecule has 2 heteroatoms. The molecule has 0 radical (unpaired) electrons. The van der Waals surface area contributed by atoms with E-state index in [1.807, 2.05) is 0 Å². The maximum Gasteiger partial charge on any atom is 0.00993 e. The Morgan fingerprint density at radius 3 is 2.67 bits per heavy atom. The Bertz CT molecular complexity index is 197. The molecule has 0 aliphatic heterocycles. The van der Waals surface area contributed by atoms with Crippen LogP contribution in [0.1, 0.15) is 51.9 Å². The van der Waals surface area contributed by atoms with Gasteiger partial charge in [0.1, 0.15) is 0 Å². The predicted octanol–water partition coefficient (Wildman–Crippen LogP) is 2.28. The molecule has 0 saturated heterocycles. The molecule has 0 aromatic rings. The maximum atomic E-state index is 5.93. The van der Waals surface area contributed by atoms with Crippen LogP contribution in [-0.4, -0.2) is 19.1 Å². The van der Waals surface area contributed by atoms with Crippen LogP contribution < -0.4 is 11.1 Å². The molecule has 2 saturated carbocycles. The summed E-state index contributed by atoms with van der Waals surface area (Å²) in [5.41, 5.74) is 6.39. The topological polar surface area (TPSA) is 38.0 Å². The molecule has 2 aliphatic carbocycles. The lowest BCUT2D eigenvalue weighted by molar-refractivity contribution is 0.287. The molecule has 0 aromatic carbocycles. The summed E-state index contributed by atoms with van der Waals surface area (Å²) in [4.78, 5) is 0. The van der Waals surface area contributed by atoms with E-state index in [2.05, 4.69) is 12.2 Å². The highest BCUT2D eigenvalue weighted by Crippen LogP contribution is 2.39. The number of nitrogens with two attached hydrogens (primary N) is 1. The van der Waals surface area contributed by atoms with Crippen LogP contribution in [0.25, 0.3) is 0 Å². The van der Waals surface area contributed by atoms with Gasteiger partial charge in [-0.1, -0.05) is 26.2 Å². The van der Waals surface area contributed by atoms with Crippen LogP contribution >= 0.6 is 0 Å². The zero-order valence-corrected chi connectivity index (χ0v) is 10.1. The zero-order valence-electron chi connectivity index (χ0n) is 10.1. The average molecular weight is 210 g/mol. The van der Waals surface area contributed by atoms with E-state index < -0.39 is 0 Å². The van der Waals surface area contributed by atoms with Gasteiger partial charge in [0.05, 0.1) is 0 Å². The number of rotatable bonds is 6. The van der Waals surface area contributed by atoms with Crippen molar-refractivity contribution in [3.63, 3.8) is 0 Å². The summed E-state index contributed by atoms with van der Waals surface area (Å²) in [7, 11) is 0. The average Bonchev–Trinajstić information content (AvgIpc) is 2.83. The van der Waals surface area contributed by atoms with Gasteiger partial charge in [-0.3, -0.25) is 0 Å². The summed E-state index contributed by atoms with van der Waals surface area (Å²) in [6.07, 6.45) is 9.64. The second-order valence-electron chi connectivity index (χ2n) is 5.68. The summed E-state index contributed by atoms with van der Waals surface area (Å²) in [6.45, 7) is 4.34. The van der Waals surface area contributed by atoms with Crippen LogP contribution in [0.2, 0.25) is 0 Å². The van der Waals surface area contributed by atoms with Gasteiger partial charge >= 0.3 is 0 Å². The van der Waals surface area contributed by atoms with Gasteiger partial charge in [-0.05, 0) is 43.6 Å². The normalized spacial score (nSPS) is 33.2. The van der Waals surface area contributed by atoms with E-state index in [9.17, 15) is 0 Å². The number of hydrogen-bond acceptors (Lipinski definition) is 2. The van der Waals surface area contributed by atoms with Gasteiger partial charge in [0.15, 0.2) is 0 Å². The summed E-state index contributed by atoms with van der Waals surface area (Å²) in [6, 6.07) is 0.828. The summed E-state index contributed by atoms with van der Waals surface area (Å²) in [5, 5.41) is 3.75. The monoisotopic (exact) mass is 210 g/mol. The molecule has 0 spiro atoms. The summed E-state index contributed by atoms with van der Waals surface area (Å²) in [5.74, 6) is 0.978. The summed E-state index contributed by atoms with van der Waals surface area (Å²) >= 11 is 0. The van der Waals surface area contributed by atoms with Gasteiger partial charge in [0.25, 0.3) is 0 Å². The minimum absolute atomic E-state index is 0.458. The van der Waals surface area contributed by atoms with E-state index in [0.717, 1.165) is 18.5 Å². The standard InChI is InChI=1S/C13H26N2/c1-2-5-11-8-12(11)15-10-13(9-14)6-3-4-7-13/h11-12,15H,2-10,14H2,1H3. The molecule has 15 heavy (non-hydrogen) atoms. The molecule has 0 bridgehead atoms. The van der Waals surface area contributed by atoms with Crippen molar-refractivity contribution in [3.05, 3.63) is 0 Å². The van der Waals surface area contributed by atoms with Crippen molar-refractivity contribution in [1.29, 1.82) is 0 Å². The molecule has 3 N–H and O–H groups in total. The molecule has 2 unspecified atom stereocenters. The third-order valence-electron chi connectivity index (χ3n) is 4.42. The van der Waals surface area contributed by atoms with Gasteiger partial charge in [-0.2, -0.15) is 0 Å². The van der Waals surface area contributed by atoms with Crippen molar-refractivity contribution in [2.24, 2.45) is 17.1 Å². The van der Waals surface area contributed by atoms with Gasteiger partial charge < -0.3 is 11.1 Å². The molecule has 2 fully saturated rings. The molecule has 2 rings (SSSR count). The largest absolute Gasteiger partial charge is 0.330 e. The predicted molar refractivity (Wildman–Crippen MR) is 64.8 cm³/mol. The highest BCUT2D eigenvalue weighted by molar-refractivity contribution is 4.96. The fourth-order valence-corrected chi connectivity index (χ4v) is 3.11. The highest BCUT2D eigenvalue weighted by Gasteiger charge is 2.39. The third-order valence-corrected chi connectivity index (χ3v) is 4.42. The summed E-state index contributed by atoms with van der Waals surface area (Å²) < 4.78 is 0. The minimum atomic E-state index is 0.458. The van der Waals surface area contributed by atoms with Crippen LogP contribution in [0.5, 0.6) is 0 Å². The zero-order chi connectivity index (χ0) is 10.7. The van der Waals surface area contributed by atoms with Crippen LogP contribution in [0.3, 0.4) is 0 Å². The van der Waals surface area contributed by atoms with Crippen LogP contribution in [0.4, 0.5) is 0 Å². The van der Waals surface area contributed by atoms with Crippen LogP contribution in [-0.2, 0) is 0 Å². The number of hydrogen-bond donors (Lipinski definition) is 2. The molecular formula is C13H26N2. The second kappa shape index (κ2) is 4.84. The molecule has 2 aliphatic rings. The molecular weight excluding hydrogens is 184 g/mol. The first-order valence-corrected chi connectivity index (χ1v) is 6.73. The van der Waals surface area contributed by atoms with Crippen molar-refractivity contribution >= 4 is 0 Å². The lowest BCUT2D eigenvalue weighted by Gasteiger charge is -2.27. The quantitative estimate of drug-likeness (QED) is 0.706. The van der Waals surface area contributed by atoms with Crippen molar-refractivity contribution in [2.45, 2.75) is 57.9 Å². The molecule has 88 valence electrons. The van der Waals surface area contributed by atoms with Gasteiger partial charge in [0.2, 0.25) is 0 Å². The molecule has 0 amide bonds. The first-order valence-electron chi connectivity index (χ1n) is 6.73. The van der Waals surface area contributed by atoms with Gasteiger partial charge in [0, 0.05) is 12.6 Å². The van der Waals surface area contributed by atoms with E-state index in [1.54, 1.807) is 0 Å². The fourth-order valence-electron chi connectivity index (χ4n) is 3.11. The van der Waals surface area contributed by atoms with E-state index in [0.29, 0.717) is 5.41 Å². The Morgan fingerprint density at radius 2 is 2.07 bits per heavy atom. The fraction of sp³-hybridized carbons (Fsp3) is 1.00. The Balaban J connectivity index is 1.69. The first-order chi connectivity index (χ1) is 7.29. The Hall–Kier alpha value is -0.0800. The lowest BCUT2D eigenvalue weighted by atomic mass is 9.86. The Morgan fingerprint density at radius 1 is 1.33 bits per heavy atom. The molecule has 0 heterocycles. The van der Waals surface area contributed by atoms with E-state index in [4.69, 9.17) is 5.73 Å². The minimum Gasteiger partial charge on any atom is -0.330 e. The van der Waals surface area contributed by atoms with Crippen LogP contribution in [0.15, 0.2) is 0 Å². The van der Waals surface area contributed by atoms with Crippen molar-refractivity contribution in [1.82, 2.24) is 5.32 Å². The highest BCUT2D eigenvalue weighted by atomic mass is 15.0.